The molecule has 0 aromatic heterocycles. The van der Waals surface area contributed by atoms with Crippen LogP contribution in [0.5, 0.6) is 0 Å². The molecule has 4 nitrogen and oxygen atoms in total. The highest BCUT2D eigenvalue weighted by Crippen LogP contribution is 2.22. The van der Waals surface area contributed by atoms with E-state index in [9.17, 15) is 9.59 Å². The summed E-state index contributed by atoms with van der Waals surface area (Å²) in [5, 5.41) is 3.26. The fourth-order valence-corrected chi connectivity index (χ4v) is 2.27. The Labute approximate surface area is 140 Å². The SMILES string of the molecule is CC(=O)CCc1cc(Cl)ccc1NC(=O)OCc1ccccc1. The number of ketones is 1. The van der Waals surface area contributed by atoms with Crippen molar-refractivity contribution >= 4 is 29.2 Å². The van der Waals surface area contributed by atoms with Crippen LogP contribution in [0.4, 0.5) is 10.5 Å². The van der Waals surface area contributed by atoms with Crippen LogP contribution in [0.1, 0.15) is 24.5 Å². The lowest BCUT2D eigenvalue weighted by molar-refractivity contribution is -0.116. The molecule has 0 spiro atoms. The van der Waals surface area contributed by atoms with Gasteiger partial charge < -0.3 is 9.53 Å². The minimum absolute atomic E-state index is 0.0857. The van der Waals surface area contributed by atoms with Crippen molar-refractivity contribution in [2.75, 3.05) is 5.32 Å². The average molecular weight is 332 g/mol. The van der Waals surface area contributed by atoms with E-state index in [0.717, 1.165) is 11.1 Å². The van der Waals surface area contributed by atoms with Crippen molar-refractivity contribution in [3.8, 4) is 0 Å². The number of halogens is 1. The molecule has 0 saturated heterocycles. The average Bonchev–Trinajstić information content (AvgIpc) is 2.54. The number of carbonyl (C=O) groups excluding carboxylic acids is 2. The predicted molar refractivity (Wildman–Crippen MR) is 90.7 cm³/mol. The first kappa shape index (κ1) is 17.0. The summed E-state index contributed by atoms with van der Waals surface area (Å²) in [5.74, 6) is 0.0857. The number of amides is 1. The first-order valence-electron chi connectivity index (χ1n) is 7.30. The highest BCUT2D eigenvalue weighted by Gasteiger charge is 2.09. The van der Waals surface area contributed by atoms with Crippen molar-refractivity contribution in [1.29, 1.82) is 0 Å². The van der Waals surface area contributed by atoms with E-state index in [1.54, 1.807) is 18.2 Å². The number of nitrogens with one attached hydrogen (secondary N) is 1. The van der Waals surface area contributed by atoms with Crippen LogP contribution in [0.3, 0.4) is 0 Å². The van der Waals surface area contributed by atoms with Gasteiger partial charge in [-0.1, -0.05) is 41.9 Å². The fourth-order valence-electron chi connectivity index (χ4n) is 2.07. The summed E-state index contributed by atoms with van der Waals surface area (Å²) in [5.41, 5.74) is 2.33. The number of Topliss-reactive ketones (excluding diaryl/α,β-unsaturated/α-hetero) is 1. The van der Waals surface area contributed by atoms with Gasteiger partial charge in [0.25, 0.3) is 0 Å². The number of aryl methyl sites for hydroxylation is 1. The molecule has 2 rings (SSSR count). The Hall–Kier alpha value is -2.33. The van der Waals surface area contributed by atoms with Crippen molar-refractivity contribution in [1.82, 2.24) is 0 Å². The molecule has 0 atom stereocenters. The molecule has 0 aliphatic rings. The highest BCUT2D eigenvalue weighted by atomic mass is 35.5. The maximum absolute atomic E-state index is 11.9. The van der Waals surface area contributed by atoms with E-state index in [2.05, 4.69) is 5.32 Å². The molecule has 23 heavy (non-hydrogen) atoms. The van der Waals surface area contributed by atoms with Crippen LogP contribution < -0.4 is 5.32 Å². The molecule has 1 amide bonds. The number of hydrogen-bond donors (Lipinski definition) is 1. The van der Waals surface area contributed by atoms with E-state index >= 15 is 0 Å². The van der Waals surface area contributed by atoms with Crippen LogP contribution >= 0.6 is 11.6 Å². The lowest BCUT2D eigenvalue weighted by Crippen LogP contribution is -2.15. The molecular weight excluding hydrogens is 314 g/mol. The summed E-state index contributed by atoms with van der Waals surface area (Å²) in [6.07, 6.45) is 0.374. The molecule has 0 unspecified atom stereocenters. The molecule has 1 N–H and O–H groups in total. The number of hydrogen-bond acceptors (Lipinski definition) is 3. The first-order chi connectivity index (χ1) is 11.0. The second kappa shape index (κ2) is 8.34. The van der Waals surface area contributed by atoms with E-state index in [0.29, 0.717) is 23.6 Å². The zero-order valence-electron chi connectivity index (χ0n) is 12.8. The lowest BCUT2D eigenvalue weighted by Gasteiger charge is -2.12. The smallest absolute Gasteiger partial charge is 0.411 e. The molecule has 0 aliphatic heterocycles. The van der Waals surface area contributed by atoms with E-state index in [1.165, 1.54) is 6.92 Å². The van der Waals surface area contributed by atoms with E-state index in [1.807, 2.05) is 30.3 Å². The summed E-state index contributed by atoms with van der Waals surface area (Å²) in [7, 11) is 0. The maximum atomic E-state index is 11.9. The van der Waals surface area contributed by atoms with Gasteiger partial charge in [0.15, 0.2) is 0 Å². The molecule has 2 aromatic rings. The van der Waals surface area contributed by atoms with E-state index in [4.69, 9.17) is 16.3 Å². The summed E-state index contributed by atoms with van der Waals surface area (Å²) in [4.78, 5) is 23.1. The van der Waals surface area contributed by atoms with Crippen LogP contribution in [0.15, 0.2) is 48.5 Å². The third-order valence-electron chi connectivity index (χ3n) is 3.26. The van der Waals surface area contributed by atoms with Gasteiger partial charge in [0.05, 0.1) is 0 Å². The van der Waals surface area contributed by atoms with Gasteiger partial charge in [0, 0.05) is 17.1 Å². The summed E-state index contributed by atoms with van der Waals surface area (Å²) in [6.45, 7) is 1.73. The Morgan fingerprint density at radius 2 is 1.87 bits per heavy atom. The van der Waals surface area contributed by atoms with Gasteiger partial charge in [-0.15, -0.1) is 0 Å². The Balaban J connectivity index is 1.98. The van der Waals surface area contributed by atoms with Crippen molar-refractivity contribution in [2.24, 2.45) is 0 Å². The molecule has 0 fully saturated rings. The molecule has 0 saturated carbocycles. The van der Waals surface area contributed by atoms with Gasteiger partial charge in [-0.3, -0.25) is 5.32 Å². The Morgan fingerprint density at radius 3 is 2.57 bits per heavy atom. The zero-order chi connectivity index (χ0) is 16.7. The van der Waals surface area contributed by atoms with E-state index < -0.39 is 6.09 Å². The van der Waals surface area contributed by atoms with Gasteiger partial charge in [-0.25, -0.2) is 4.79 Å². The number of ether oxygens (including phenoxy) is 1. The largest absolute Gasteiger partial charge is 0.444 e. The number of anilines is 1. The van der Waals surface area contributed by atoms with Crippen LogP contribution in [0, 0.1) is 0 Å². The standard InChI is InChI=1S/C18H18ClNO3/c1-13(21)7-8-15-11-16(19)9-10-17(15)20-18(22)23-12-14-5-3-2-4-6-14/h2-6,9-11H,7-8,12H2,1H3,(H,20,22). The topological polar surface area (TPSA) is 55.4 Å². The maximum Gasteiger partial charge on any atom is 0.411 e. The summed E-state index contributed by atoms with van der Waals surface area (Å²) < 4.78 is 5.19. The Morgan fingerprint density at radius 1 is 1.13 bits per heavy atom. The first-order valence-corrected chi connectivity index (χ1v) is 7.68. The third kappa shape index (κ3) is 5.75. The van der Waals surface area contributed by atoms with E-state index in [-0.39, 0.29) is 12.4 Å². The summed E-state index contributed by atoms with van der Waals surface area (Å²) in [6, 6.07) is 14.6. The Bertz CT molecular complexity index is 686. The Kier molecular flexibility index (Phi) is 6.18. The second-order valence-corrected chi connectivity index (χ2v) is 5.63. The molecule has 0 radical (unpaired) electrons. The second-order valence-electron chi connectivity index (χ2n) is 5.19. The molecule has 0 aliphatic carbocycles. The van der Waals surface area contributed by atoms with Crippen LogP contribution in [-0.2, 0) is 22.6 Å². The van der Waals surface area contributed by atoms with Crippen molar-refractivity contribution in [3.05, 3.63) is 64.7 Å². The van der Waals surface area contributed by atoms with Gasteiger partial charge in [-0.2, -0.15) is 0 Å². The minimum atomic E-state index is -0.541. The van der Waals surface area contributed by atoms with Crippen molar-refractivity contribution in [2.45, 2.75) is 26.4 Å². The van der Waals surface area contributed by atoms with Crippen molar-refractivity contribution in [3.63, 3.8) is 0 Å². The quantitative estimate of drug-likeness (QED) is 0.841. The van der Waals surface area contributed by atoms with Crippen molar-refractivity contribution < 1.29 is 14.3 Å². The third-order valence-corrected chi connectivity index (χ3v) is 3.50. The molecular formula is C18H18ClNO3. The zero-order valence-corrected chi connectivity index (χ0v) is 13.6. The van der Waals surface area contributed by atoms with Crippen LogP contribution in [0.2, 0.25) is 5.02 Å². The number of carbonyl (C=O) groups is 2. The number of benzene rings is 2. The minimum Gasteiger partial charge on any atom is -0.444 e. The number of rotatable bonds is 6. The van der Waals surface area contributed by atoms with Gasteiger partial charge in [0.2, 0.25) is 0 Å². The molecule has 0 heterocycles. The molecule has 5 heteroatoms. The summed E-state index contributed by atoms with van der Waals surface area (Å²) >= 11 is 5.98. The monoisotopic (exact) mass is 331 g/mol. The van der Waals surface area contributed by atoms with Crippen LogP contribution in [0.25, 0.3) is 0 Å². The predicted octanol–water partition coefficient (Wildman–Crippen LogP) is 4.61. The molecule has 0 bridgehead atoms. The van der Waals surface area contributed by atoms with Crippen LogP contribution in [-0.4, -0.2) is 11.9 Å². The fraction of sp³-hybridized carbons (Fsp3) is 0.222. The highest BCUT2D eigenvalue weighted by molar-refractivity contribution is 6.30. The van der Waals surface area contributed by atoms with Gasteiger partial charge in [0.1, 0.15) is 12.4 Å². The normalized spacial score (nSPS) is 10.2. The lowest BCUT2D eigenvalue weighted by atomic mass is 10.1. The molecule has 120 valence electrons. The molecule has 2 aromatic carbocycles. The van der Waals surface area contributed by atoms with Gasteiger partial charge in [-0.05, 0) is 42.7 Å². The van der Waals surface area contributed by atoms with Gasteiger partial charge >= 0.3 is 6.09 Å².